The third-order valence-corrected chi connectivity index (χ3v) is 2.60. The van der Waals surface area contributed by atoms with E-state index in [2.05, 4.69) is 6.92 Å². The fourth-order valence-electron chi connectivity index (χ4n) is 1.59. The maximum Gasteiger partial charge on any atom is 0.418 e. The van der Waals surface area contributed by atoms with E-state index in [1.165, 1.54) is 12.1 Å². The SMILES string of the molecule is CCCCCCOc1ccc(N)c(C(F)(F)F)c1. The Balaban J connectivity index is 2.57. The second-order valence-electron chi connectivity index (χ2n) is 4.16. The number of alkyl halides is 3. The highest BCUT2D eigenvalue weighted by Gasteiger charge is 2.33. The molecular weight excluding hydrogens is 243 g/mol. The third kappa shape index (κ3) is 4.47. The monoisotopic (exact) mass is 261 g/mol. The Morgan fingerprint density at radius 3 is 2.50 bits per heavy atom. The van der Waals surface area contributed by atoms with Gasteiger partial charge in [0.25, 0.3) is 0 Å². The minimum atomic E-state index is -4.44. The number of hydrogen-bond donors (Lipinski definition) is 1. The van der Waals surface area contributed by atoms with E-state index < -0.39 is 11.7 Å². The molecule has 0 fully saturated rings. The summed E-state index contributed by atoms with van der Waals surface area (Å²) in [4.78, 5) is 0. The van der Waals surface area contributed by atoms with Crippen molar-refractivity contribution in [3.8, 4) is 5.75 Å². The van der Waals surface area contributed by atoms with E-state index >= 15 is 0 Å². The molecule has 1 rings (SSSR count). The number of ether oxygens (including phenoxy) is 1. The normalized spacial score (nSPS) is 11.6. The summed E-state index contributed by atoms with van der Waals surface area (Å²) in [7, 11) is 0. The van der Waals surface area contributed by atoms with Gasteiger partial charge in [-0.2, -0.15) is 13.2 Å². The molecule has 2 N–H and O–H groups in total. The molecule has 0 aliphatic carbocycles. The second kappa shape index (κ2) is 6.52. The van der Waals surface area contributed by atoms with E-state index in [0.29, 0.717) is 6.61 Å². The fourth-order valence-corrected chi connectivity index (χ4v) is 1.59. The predicted octanol–water partition coefficient (Wildman–Crippen LogP) is 4.25. The summed E-state index contributed by atoms with van der Waals surface area (Å²) in [6.45, 7) is 2.53. The zero-order chi connectivity index (χ0) is 13.6. The first kappa shape index (κ1) is 14.7. The Hall–Kier alpha value is -1.39. The zero-order valence-corrected chi connectivity index (χ0v) is 10.4. The van der Waals surface area contributed by atoms with Crippen LogP contribution in [0.4, 0.5) is 18.9 Å². The first-order chi connectivity index (χ1) is 8.45. The van der Waals surface area contributed by atoms with Crippen molar-refractivity contribution in [3.05, 3.63) is 23.8 Å². The highest BCUT2D eigenvalue weighted by Crippen LogP contribution is 2.35. The highest BCUT2D eigenvalue weighted by molar-refractivity contribution is 5.51. The van der Waals surface area contributed by atoms with E-state index in [-0.39, 0.29) is 11.4 Å². The summed E-state index contributed by atoms with van der Waals surface area (Å²) >= 11 is 0. The summed E-state index contributed by atoms with van der Waals surface area (Å²) in [5.74, 6) is 0.216. The summed E-state index contributed by atoms with van der Waals surface area (Å²) in [5, 5.41) is 0. The molecule has 102 valence electrons. The summed E-state index contributed by atoms with van der Waals surface area (Å²) in [5.41, 5.74) is 4.18. The van der Waals surface area contributed by atoms with Gasteiger partial charge in [-0.25, -0.2) is 0 Å². The van der Waals surface area contributed by atoms with Crippen molar-refractivity contribution < 1.29 is 17.9 Å². The second-order valence-corrected chi connectivity index (χ2v) is 4.16. The van der Waals surface area contributed by atoms with Gasteiger partial charge in [-0.1, -0.05) is 26.2 Å². The van der Waals surface area contributed by atoms with Crippen LogP contribution in [0.5, 0.6) is 5.75 Å². The zero-order valence-electron chi connectivity index (χ0n) is 10.4. The van der Waals surface area contributed by atoms with Crippen molar-refractivity contribution in [1.82, 2.24) is 0 Å². The van der Waals surface area contributed by atoms with Crippen LogP contribution >= 0.6 is 0 Å². The van der Waals surface area contributed by atoms with E-state index in [9.17, 15) is 13.2 Å². The van der Waals surface area contributed by atoms with Crippen LogP contribution in [0.2, 0.25) is 0 Å². The lowest BCUT2D eigenvalue weighted by atomic mass is 10.1. The topological polar surface area (TPSA) is 35.2 Å². The van der Waals surface area contributed by atoms with Gasteiger partial charge < -0.3 is 10.5 Å². The van der Waals surface area contributed by atoms with Gasteiger partial charge in [0.2, 0.25) is 0 Å². The molecule has 0 heterocycles. The standard InChI is InChI=1S/C13H18F3NO/c1-2-3-4-5-8-18-10-6-7-12(17)11(9-10)13(14,15)16/h6-7,9H,2-5,8,17H2,1H3. The number of hydrogen-bond acceptors (Lipinski definition) is 2. The lowest BCUT2D eigenvalue weighted by Crippen LogP contribution is -2.09. The van der Waals surface area contributed by atoms with Crippen LogP contribution in [0, 0.1) is 0 Å². The lowest BCUT2D eigenvalue weighted by Gasteiger charge is -2.12. The summed E-state index contributed by atoms with van der Waals surface area (Å²) in [6, 6.07) is 3.64. The largest absolute Gasteiger partial charge is 0.494 e. The average Bonchev–Trinajstić information content (AvgIpc) is 2.29. The van der Waals surface area contributed by atoms with Gasteiger partial charge in [-0.15, -0.1) is 0 Å². The molecule has 0 aliphatic heterocycles. The van der Waals surface area contributed by atoms with Crippen molar-refractivity contribution in [2.24, 2.45) is 0 Å². The molecule has 0 radical (unpaired) electrons. The molecule has 0 spiro atoms. The van der Waals surface area contributed by atoms with Crippen LogP contribution in [-0.4, -0.2) is 6.61 Å². The van der Waals surface area contributed by atoms with Crippen LogP contribution in [0.3, 0.4) is 0 Å². The van der Waals surface area contributed by atoms with Crippen molar-refractivity contribution in [2.75, 3.05) is 12.3 Å². The number of halogens is 3. The molecule has 0 atom stereocenters. The Bertz CT molecular complexity index is 377. The molecule has 0 bridgehead atoms. The third-order valence-electron chi connectivity index (χ3n) is 2.60. The van der Waals surface area contributed by atoms with Gasteiger partial charge in [0.15, 0.2) is 0 Å². The number of benzene rings is 1. The quantitative estimate of drug-likeness (QED) is 0.613. The molecule has 0 unspecified atom stereocenters. The van der Waals surface area contributed by atoms with E-state index in [0.717, 1.165) is 31.7 Å². The lowest BCUT2D eigenvalue weighted by molar-refractivity contribution is -0.137. The Labute approximate surface area is 105 Å². The molecule has 5 heteroatoms. The van der Waals surface area contributed by atoms with Gasteiger partial charge in [0, 0.05) is 5.69 Å². The number of unbranched alkanes of at least 4 members (excludes halogenated alkanes) is 3. The van der Waals surface area contributed by atoms with Crippen LogP contribution in [0.25, 0.3) is 0 Å². The molecular formula is C13H18F3NO. The molecule has 1 aromatic carbocycles. The van der Waals surface area contributed by atoms with Gasteiger partial charge in [0.05, 0.1) is 12.2 Å². The minimum absolute atomic E-state index is 0.216. The van der Waals surface area contributed by atoms with E-state index in [4.69, 9.17) is 10.5 Å². The molecule has 0 amide bonds. The molecule has 2 nitrogen and oxygen atoms in total. The fraction of sp³-hybridized carbons (Fsp3) is 0.538. The molecule has 0 aliphatic rings. The number of nitrogen functional groups attached to an aromatic ring is 1. The van der Waals surface area contributed by atoms with Gasteiger partial charge >= 0.3 is 6.18 Å². The highest BCUT2D eigenvalue weighted by atomic mass is 19.4. The van der Waals surface area contributed by atoms with Crippen molar-refractivity contribution in [3.63, 3.8) is 0 Å². The smallest absolute Gasteiger partial charge is 0.418 e. The Morgan fingerprint density at radius 1 is 1.17 bits per heavy atom. The maximum absolute atomic E-state index is 12.6. The minimum Gasteiger partial charge on any atom is -0.494 e. The summed E-state index contributed by atoms with van der Waals surface area (Å²) in [6.07, 6.45) is -0.345. The van der Waals surface area contributed by atoms with Crippen molar-refractivity contribution in [2.45, 2.75) is 38.8 Å². The summed E-state index contributed by atoms with van der Waals surface area (Å²) < 4.78 is 43.0. The van der Waals surface area contributed by atoms with Crippen LogP contribution in [-0.2, 0) is 6.18 Å². The van der Waals surface area contributed by atoms with E-state index in [1.807, 2.05) is 0 Å². The molecule has 0 aromatic heterocycles. The van der Waals surface area contributed by atoms with Crippen molar-refractivity contribution >= 4 is 5.69 Å². The maximum atomic E-state index is 12.6. The van der Waals surface area contributed by atoms with Crippen LogP contribution < -0.4 is 10.5 Å². The first-order valence-corrected chi connectivity index (χ1v) is 6.04. The number of rotatable bonds is 6. The Morgan fingerprint density at radius 2 is 1.89 bits per heavy atom. The van der Waals surface area contributed by atoms with Gasteiger partial charge in [-0.05, 0) is 24.6 Å². The Kier molecular flexibility index (Phi) is 5.31. The van der Waals surface area contributed by atoms with Gasteiger partial charge in [0.1, 0.15) is 5.75 Å². The first-order valence-electron chi connectivity index (χ1n) is 6.04. The van der Waals surface area contributed by atoms with Crippen LogP contribution in [0.15, 0.2) is 18.2 Å². The van der Waals surface area contributed by atoms with Crippen LogP contribution in [0.1, 0.15) is 38.2 Å². The number of nitrogens with two attached hydrogens (primary N) is 1. The van der Waals surface area contributed by atoms with Crippen molar-refractivity contribution in [1.29, 1.82) is 0 Å². The van der Waals surface area contributed by atoms with Gasteiger partial charge in [-0.3, -0.25) is 0 Å². The molecule has 0 saturated carbocycles. The van der Waals surface area contributed by atoms with E-state index in [1.54, 1.807) is 0 Å². The predicted molar refractivity (Wildman–Crippen MR) is 65.5 cm³/mol. The average molecular weight is 261 g/mol. The molecule has 18 heavy (non-hydrogen) atoms. The number of anilines is 1. The molecule has 1 aromatic rings. The molecule has 0 saturated heterocycles.